The summed E-state index contributed by atoms with van der Waals surface area (Å²) in [6.45, 7) is 3.85. The molecule has 0 unspecified atom stereocenters. The largest absolute Gasteiger partial charge is 0.492 e. The van der Waals surface area contributed by atoms with Crippen molar-refractivity contribution in [1.29, 1.82) is 0 Å². The molecule has 0 saturated heterocycles. The molecule has 0 radical (unpaired) electrons. The van der Waals surface area contributed by atoms with Crippen LogP contribution in [0.1, 0.15) is 12.7 Å². The molecule has 0 aliphatic heterocycles. The van der Waals surface area contributed by atoms with Crippen molar-refractivity contribution in [2.75, 3.05) is 6.61 Å². The van der Waals surface area contributed by atoms with Crippen LogP contribution in [0.4, 0.5) is 0 Å². The Balaban J connectivity index is 2.59. The van der Waals surface area contributed by atoms with Crippen molar-refractivity contribution < 1.29 is 17.1 Å². The molecule has 0 aliphatic rings. The summed E-state index contributed by atoms with van der Waals surface area (Å²) in [5.41, 5.74) is 0. The average Bonchev–Trinajstić information content (AvgIpc) is 2.80. The van der Waals surface area contributed by atoms with E-state index in [0.717, 1.165) is 3.97 Å². The third-order valence-electron chi connectivity index (χ3n) is 2.66. The highest BCUT2D eigenvalue weighted by atomic mass is 35.5. The van der Waals surface area contributed by atoms with E-state index in [4.69, 9.17) is 27.9 Å². The quantitative estimate of drug-likeness (QED) is 0.873. The number of hydrogen-bond donors (Lipinski definition) is 1. The van der Waals surface area contributed by atoms with Crippen LogP contribution in [0.2, 0.25) is 10.0 Å². The summed E-state index contributed by atoms with van der Waals surface area (Å²) in [5, 5.41) is 0.259. The molecule has 108 valence electrons. The zero-order chi connectivity index (χ0) is 14.9. The highest BCUT2D eigenvalue weighted by Gasteiger charge is 2.28. The van der Waals surface area contributed by atoms with Crippen LogP contribution in [0.5, 0.6) is 5.75 Å². The zero-order valence-corrected chi connectivity index (χ0v) is 13.2. The molecule has 5 nitrogen and oxygen atoms in total. The molecule has 8 heteroatoms. The zero-order valence-electron chi connectivity index (χ0n) is 10.9. The molecule has 0 saturated carbocycles. The topological polar surface area (TPSA) is 63.0 Å². The van der Waals surface area contributed by atoms with Crippen LogP contribution < -0.4 is 8.71 Å². The monoisotopic (exact) mass is 335 g/mol. The van der Waals surface area contributed by atoms with Crippen LogP contribution in [-0.4, -0.2) is 20.0 Å². The van der Waals surface area contributed by atoms with Crippen molar-refractivity contribution in [1.82, 2.24) is 4.98 Å². The summed E-state index contributed by atoms with van der Waals surface area (Å²) < 4.78 is 31.4. The van der Waals surface area contributed by atoms with Gasteiger partial charge in [0.2, 0.25) is 0 Å². The van der Waals surface area contributed by atoms with Gasteiger partial charge in [-0.15, -0.1) is 3.97 Å². The molecule has 1 aromatic heterocycles. The first-order valence-electron chi connectivity index (χ1n) is 5.81. The van der Waals surface area contributed by atoms with E-state index in [0.29, 0.717) is 18.2 Å². The molecule has 1 N–H and O–H groups in total. The molecule has 0 amide bonds. The lowest BCUT2D eigenvalue weighted by molar-refractivity contribution is -0.517. The molecule has 1 heterocycles. The number of ether oxygens (including phenoxy) is 1. The minimum absolute atomic E-state index is 0.0611. The Morgan fingerprint density at radius 1 is 1.30 bits per heavy atom. The number of halogens is 2. The Kier molecular flexibility index (Phi) is 4.27. The van der Waals surface area contributed by atoms with Crippen molar-refractivity contribution in [2.45, 2.75) is 18.7 Å². The van der Waals surface area contributed by atoms with Crippen molar-refractivity contribution in [3.63, 3.8) is 0 Å². The van der Waals surface area contributed by atoms with Crippen LogP contribution >= 0.6 is 23.2 Å². The van der Waals surface area contributed by atoms with Crippen LogP contribution in [0.3, 0.4) is 0 Å². The Morgan fingerprint density at radius 2 is 2.00 bits per heavy atom. The first-order valence-corrected chi connectivity index (χ1v) is 8.00. The molecular formula is C12H13Cl2N2O3S+. The molecule has 0 aliphatic carbocycles. The van der Waals surface area contributed by atoms with Crippen molar-refractivity contribution in [2.24, 2.45) is 0 Å². The van der Waals surface area contributed by atoms with Gasteiger partial charge in [0.05, 0.1) is 16.7 Å². The number of nitrogens with one attached hydrogen (secondary N) is 1. The number of aryl methyl sites for hydroxylation is 1. The number of nitrogens with zero attached hydrogens (tertiary/aromatic N) is 1. The van der Waals surface area contributed by atoms with Gasteiger partial charge in [0.25, 0.3) is 5.82 Å². The summed E-state index contributed by atoms with van der Waals surface area (Å²) >= 11 is 12.1. The standard InChI is InChI=1S/C12H12Cl2N2O3S/c1-3-19-11-6-10(14)12(7-9(11)13)20(17,18)16-5-4-15-8(16)2/h4-7H,3H2,1-2H3/p+1. The lowest BCUT2D eigenvalue weighted by Gasteiger charge is -2.09. The molecular weight excluding hydrogens is 323 g/mol. The summed E-state index contributed by atoms with van der Waals surface area (Å²) in [5.74, 6) is 0.819. The van der Waals surface area contributed by atoms with Crippen molar-refractivity contribution in [3.8, 4) is 5.75 Å². The fraction of sp³-hybridized carbons (Fsp3) is 0.250. The second-order valence-corrected chi connectivity index (χ2v) is 6.59. The van der Waals surface area contributed by atoms with E-state index >= 15 is 0 Å². The Bertz CT molecular complexity index is 741. The van der Waals surface area contributed by atoms with E-state index < -0.39 is 10.0 Å². The number of H-pyrrole nitrogens is 1. The van der Waals surface area contributed by atoms with E-state index in [1.54, 1.807) is 13.8 Å². The van der Waals surface area contributed by atoms with E-state index in [1.807, 2.05) is 0 Å². The Labute approximate surface area is 127 Å². The van der Waals surface area contributed by atoms with Crippen LogP contribution in [0, 0.1) is 6.92 Å². The lowest BCUT2D eigenvalue weighted by Crippen LogP contribution is -2.43. The van der Waals surface area contributed by atoms with Gasteiger partial charge < -0.3 is 4.74 Å². The summed E-state index contributed by atoms with van der Waals surface area (Å²) in [4.78, 5) is 2.72. The number of aromatic amines is 1. The highest BCUT2D eigenvalue weighted by Crippen LogP contribution is 2.33. The van der Waals surface area contributed by atoms with Crippen LogP contribution in [-0.2, 0) is 10.0 Å². The third kappa shape index (κ3) is 2.63. The second kappa shape index (κ2) is 5.63. The van der Waals surface area contributed by atoms with Gasteiger partial charge in [0.15, 0.2) is 0 Å². The molecule has 0 spiro atoms. The van der Waals surface area contributed by atoms with Gasteiger partial charge in [-0.2, -0.15) is 8.42 Å². The first kappa shape index (κ1) is 15.2. The average molecular weight is 336 g/mol. The fourth-order valence-corrected chi connectivity index (χ4v) is 3.89. The van der Waals surface area contributed by atoms with Crippen LogP contribution in [0.15, 0.2) is 29.4 Å². The maximum absolute atomic E-state index is 12.5. The van der Waals surface area contributed by atoms with E-state index in [-0.39, 0.29) is 14.9 Å². The molecule has 2 aromatic rings. The van der Waals surface area contributed by atoms with Crippen LogP contribution in [0.25, 0.3) is 0 Å². The van der Waals surface area contributed by atoms with Gasteiger partial charge in [-0.3, -0.25) is 0 Å². The predicted molar refractivity (Wildman–Crippen MR) is 75.9 cm³/mol. The van der Waals surface area contributed by atoms with E-state index in [1.165, 1.54) is 24.5 Å². The number of imidazole rings is 1. The first-order chi connectivity index (χ1) is 9.37. The molecule has 0 atom stereocenters. The lowest BCUT2D eigenvalue weighted by atomic mass is 10.3. The number of rotatable bonds is 4. The Hall–Kier alpha value is -1.24. The minimum atomic E-state index is -3.80. The van der Waals surface area contributed by atoms with Crippen molar-refractivity contribution >= 4 is 33.2 Å². The minimum Gasteiger partial charge on any atom is -0.492 e. The number of hydrogen-bond acceptors (Lipinski definition) is 3. The molecule has 0 fully saturated rings. The SMILES string of the molecule is CCOc1cc(Cl)c(S(=O)(=O)[n+]2cc[nH]c2C)cc1Cl. The highest BCUT2D eigenvalue weighted by molar-refractivity contribution is 7.85. The van der Waals surface area contributed by atoms with Gasteiger partial charge in [0, 0.05) is 13.0 Å². The molecule has 0 bridgehead atoms. The van der Waals surface area contributed by atoms with Gasteiger partial charge in [-0.05, 0) is 13.0 Å². The van der Waals surface area contributed by atoms with Gasteiger partial charge in [0.1, 0.15) is 23.0 Å². The summed E-state index contributed by atoms with van der Waals surface area (Å²) in [6.07, 6.45) is 2.93. The molecule has 2 rings (SSSR count). The maximum atomic E-state index is 12.5. The van der Waals surface area contributed by atoms with E-state index in [2.05, 4.69) is 4.98 Å². The fourth-order valence-electron chi connectivity index (χ4n) is 1.74. The third-order valence-corrected chi connectivity index (χ3v) is 5.18. The van der Waals surface area contributed by atoms with Crippen molar-refractivity contribution in [3.05, 3.63) is 40.4 Å². The van der Waals surface area contributed by atoms with Gasteiger partial charge >= 0.3 is 10.0 Å². The smallest absolute Gasteiger partial charge is 0.336 e. The number of benzene rings is 1. The second-order valence-electron chi connectivity index (χ2n) is 3.99. The van der Waals surface area contributed by atoms with E-state index in [9.17, 15) is 8.42 Å². The number of aromatic nitrogens is 2. The van der Waals surface area contributed by atoms with Gasteiger partial charge in [-0.25, -0.2) is 4.98 Å². The molecule has 20 heavy (non-hydrogen) atoms. The maximum Gasteiger partial charge on any atom is 0.336 e. The normalized spacial score (nSPS) is 11.6. The summed E-state index contributed by atoms with van der Waals surface area (Å²) in [6, 6.07) is 2.70. The predicted octanol–water partition coefficient (Wildman–Crippen LogP) is 2.55. The summed E-state index contributed by atoms with van der Waals surface area (Å²) in [7, 11) is -3.80. The van der Waals surface area contributed by atoms with Gasteiger partial charge in [-0.1, -0.05) is 23.2 Å². The molecule has 1 aromatic carbocycles. The Morgan fingerprint density at radius 3 is 2.55 bits per heavy atom.